The van der Waals surface area contributed by atoms with E-state index in [0.29, 0.717) is 81.4 Å². The third kappa shape index (κ3) is 4.81. The Kier molecular flexibility index (Phi) is 7.01. The molecule has 1 aromatic carbocycles. The highest BCUT2D eigenvalue weighted by atomic mass is 35.5. The van der Waals surface area contributed by atoms with Crippen molar-refractivity contribution in [2.24, 2.45) is 0 Å². The molecule has 0 aromatic heterocycles. The Balaban J connectivity index is 1.45. The number of hydrogen-bond acceptors (Lipinski definition) is 5. The zero-order chi connectivity index (χ0) is 18.6. The smallest absolute Gasteiger partial charge is 0.282 e. The first-order valence-corrected chi connectivity index (χ1v) is 10.8. The van der Waals surface area contributed by atoms with Crippen molar-refractivity contribution >= 4 is 33.4 Å². The molecule has 146 valence electrons. The summed E-state index contributed by atoms with van der Waals surface area (Å²) in [4.78, 5) is 2.18. The van der Waals surface area contributed by atoms with Crippen molar-refractivity contribution in [1.82, 2.24) is 13.5 Å². The number of morpholine rings is 1. The molecule has 2 aliphatic rings. The van der Waals surface area contributed by atoms with E-state index in [1.54, 1.807) is 22.5 Å². The van der Waals surface area contributed by atoms with Crippen LogP contribution in [0.3, 0.4) is 0 Å². The van der Waals surface area contributed by atoms with E-state index >= 15 is 0 Å². The predicted octanol–water partition coefficient (Wildman–Crippen LogP) is 1.57. The van der Waals surface area contributed by atoms with E-state index in [1.807, 2.05) is 0 Å². The molecule has 2 fully saturated rings. The fourth-order valence-electron chi connectivity index (χ4n) is 3.02. The van der Waals surface area contributed by atoms with Crippen molar-refractivity contribution in [2.75, 3.05) is 65.6 Å². The number of nitrogens with zero attached hydrogens (tertiary/aromatic N) is 3. The molecule has 2 heterocycles. The topological polar surface area (TPSA) is 62.3 Å². The predicted molar refractivity (Wildman–Crippen MR) is 101 cm³/mol. The van der Waals surface area contributed by atoms with Crippen LogP contribution in [0.1, 0.15) is 0 Å². The van der Waals surface area contributed by atoms with Crippen LogP contribution in [0.2, 0.25) is 10.0 Å². The molecule has 10 heteroatoms. The van der Waals surface area contributed by atoms with Crippen molar-refractivity contribution in [3.8, 4) is 5.75 Å². The number of piperazine rings is 1. The Labute approximate surface area is 164 Å². The molecule has 0 amide bonds. The fourth-order valence-corrected chi connectivity index (χ4v) is 5.09. The summed E-state index contributed by atoms with van der Waals surface area (Å²) in [5.41, 5.74) is 0. The molecule has 0 unspecified atom stereocenters. The van der Waals surface area contributed by atoms with E-state index in [1.165, 1.54) is 4.31 Å². The molecule has 0 atom stereocenters. The first-order valence-electron chi connectivity index (χ1n) is 8.60. The number of benzene rings is 1. The van der Waals surface area contributed by atoms with Crippen LogP contribution in [0, 0.1) is 0 Å². The van der Waals surface area contributed by atoms with E-state index < -0.39 is 10.2 Å². The molecule has 2 aliphatic heterocycles. The van der Waals surface area contributed by atoms with Crippen LogP contribution < -0.4 is 4.74 Å². The van der Waals surface area contributed by atoms with Crippen molar-refractivity contribution in [3.63, 3.8) is 0 Å². The minimum absolute atomic E-state index is 0.426. The van der Waals surface area contributed by atoms with Gasteiger partial charge in [0.15, 0.2) is 5.75 Å². The quantitative estimate of drug-likeness (QED) is 0.694. The average Bonchev–Trinajstić information content (AvgIpc) is 2.65. The van der Waals surface area contributed by atoms with Gasteiger partial charge in [-0.3, -0.25) is 4.90 Å². The number of rotatable bonds is 6. The molecule has 0 radical (unpaired) electrons. The van der Waals surface area contributed by atoms with Gasteiger partial charge in [-0.25, -0.2) is 0 Å². The van der Waals surface area contributed by atoms with Crippen molar-refractivity contribution in [1.29, 1.82) is 0 Å². The van der Waals surface area contributed by atoms with E-state index in [9.17, 15) is 8.42 Å². The monoisotopic (exact) mass is 423 g/mol. The fraction of sp³-hybridized carbons (Fsp3) is 0.625. The van der Waals surface area contributed by atoms with E-state index in [2.05, 4.69) is 4.90 Å². The lowest BCUT2D eigenvalue weighted by Crippen LogP contribution is -2.55. The van der Waals surface area contributed by atoms with Crippen LogP contribution in [0.4, 0.5) is 0 Å². The Morgan fingerprint density at radius 2 is 1.54 bits per heavy atom. The van der Waals surface area contributed by atoms with Gasteiger partial charge in [-0.2, -0.15) is 17.0 Å². The molecule has 7 nitrogen and oxygen atoms in total. The van der Waals surface area contributed by atoms with Gasteiger partial charge in [0.1, 0.15) is 6.61 Å². The molecule has 0 N–H and O–H groups in total. The first-order chi connectivity index (χ1) is 12.5. The first kappa shape index (κ1) is 20.1. The minimum atomic E-state index is -3.39. The van der Waals surface area contributed by atoms with Gasteiger partial charge in [0, 0.05) is 45.8 Å². The second kappa shape index (κ2) is 9.05. The molecule has 26 heavy (non-hydrogen) atoms. The molecule has 1 aromatic rings. The maximum absolute atomic E-state index is 12.6. The summed E-state index contributed by atoms with van der Waals surface area (Å²) in [6, 6.07) is 5.24. The maximum atomic E-state index is 12.6. The number of halogens is 2. The molecular weight excluding hydrogens is 401 g/mol. The van der Waals surface area contributed by atoms with Crippen molar-refractivity contribution in [3.05, 3.63) is 28.2 Å². The Hall–Kier alpha value is -0.610. The second-order valence-electron chi connectivity index (χ2n) is 6.16. The molecular formula is C16H23Cl2N3O4S. The van der Waals surface area contributed by atoms with Gasteiger partial charge in [0.05, 0.1) is 23.3 Å². The van der Waals surface area contributed by atoms with Crippen LogP contribution in [0.25, 0.3) is 0 Å². The lowest BCUT2D eigenvalue weighted by atomic mass is 10.3. The van der Waals surface area contributed by atoms with Crippen LogP contribution in [0.5, 0.6) is 5.75 Å². The van der Waals surface area contributed by atoms with Crippen LogP contribution >= 0.6 is 23.2 Å². The highest BCUT2D eigenvalue weighted by Gasteiger charge is 2.33. The standard InChI is InChI=1S/C16H23Cl2N3O4S/c17-14-2-1-3-15(18)16(14)25-13-8-19-4-6-20(7-5-19)26(22,23)21-9-11-24-12-10-21/h1-3H,4-13H2. The summed E-state index contributed by atoms with van der Waals surface area (Å²) in [7, 11) is -3.39. The Bertz CT molecular complexity index is 685. The molecule has 0 spiro atoms. The lowest BCUT2D eigenvalue weighted by molar-refractivity contribution is 0.0682. The van der Waals surface area contributed by atoms with Gasteiger partial charge in [-0.05, 0) is 12.1 Å². The van der Waals surface area contributed by atoms with Crippen LogP contribution in [-0.2, 0) is 14.9 Å². The van der Waals surface area contributed by atoms with Gasteiger partial charge in [-0.15, -0.1) is 0 Å². The van der Waals surface area contributed by atoms with Crippen LogP contribution in [-0.4, -0.2) is 87.6 Å². The molecule has 2 saturated heterocycles. The summed E-state index contributed by atoms with van der Waals surface area (Å²) in [5, 5.41) is 0.970. The van der Waals surface area contributed by atoms with Gasteiger partial charge in [0.2, 0.25) is 0 Å². The highest BCUT2D eigenvalue weighted by molar-refractivity contribution is 7.86. The molecule has 0 bridgehead atoms. The minimum Gasteiger partial charge on any atom is -0.489 e. The normalized spacial score (nSPS) is 21.0. The zero-order valence-electron chi connectivity index (χ0n) is 14.4. The largest absolute Gasteiger partial charge is 0.489 e. The van der Waals surface area contributed by atoms with Crippen LogP contribution in [0.15, 0.2) is 18.2 Å². The van der Waals surface area contributed by atoms with E-state index in [0.717, 1.165) is 0 Å². The van der Waals surface area contributed by atoms with E-state index in [-0.39, 0.29) is 0 Å². The Morgan fingerprint density at radius 1 is 0.962 bits per heavy atom. The third-order valence-corrected chi connectivity index (χ3v) is 7.16. The van der Waals surface area contributed by atoms with Gasteiger partial charge >= 0.3 is 0 Å². The number of hydrogen-bond donors (Lipinski definition) is 0. The summed E-state index contributed by atoms with van der Waals surface area (Å²) >= 11 is 12.2. The van der Waals surface area contributed by atoms with E-state index in [4.69, 9.17) is 32.7 Å². The number of ether oxygens (including phenoxy) is 2. The summed E-state index contributed by atoms with van der Waals surface area (Å²) in [5.74, 6) is 0.490. The third-order valence-electron chi connectivity index (χ3n) is 4.53. The molecule has 0 saturated carbocycles. The average molecular weight is 424 g/mol. The van der Waals surface area contributed by atoms with Crippen molar-refractivity contribution < 1.29 is 17.9 Å². The molecule has 3 rings (SSSR count). The number of para-hydroxylation sites is 1. The summed E-state index contributed by atoms with van der Waals surface area (Å²) < 4.78 is 39.3. The summed E-state index contributed by atoms with van der Waals surface area (Å²) in [6.45, 7) is 5.20. The lowest BCUT2D eigenvalue weighted by Gasteiger charge is -2.37. The molecule has 0 aliphatic carbocycles. The zero-order valence-corrected chi connectivity index (χ0v) is 16.8. The summed E-state index contributed by atoms with van der Waals surface area (Å²) in [6.07, 6.45) is 0. The maximum Gasteiger partial charge on any atom is 0.282 e. The van der Waals surface area contributed by atoms with Crippen molar-refractivity contribution in [2.45, 2.75) is 0 Å². The SMILES string of the molecule is O=S(=O)(N1CCOCC1)N1CCN(CCOc2c(Cl)cccc2Cl)CC1. The van der Waals surface area contributed by atoms with Gasteiger partial charge in [-0.1, -0.05) is 29.3 Å². The van der Waals surface area contributed by atoms with Gasteiger partial charge < -0.3 is 9.47 Å². The second-order valence-corrected chi connectivity index (χ2v) is 8.90. The van der Waals surface area contributed by atoms with Gasteiger partial charge in [0.25, 0.3) is 10.2 Å². The highest BCUT2D eigenvalue weighted by Crippen LogP contribution is 2.32. The Morgan fingerprint density at radius 3 is 2.15 bits per heavy atom.